The van der Waals surface area contributed by atoms with E-state index < -0.39 is 5.54 Å². The third kappa shape index (κ3) is 2.22. The molecular formula is C10H14N2O3S. The minimum absolute atomic E-state index is 0.266. The van der Waals surface area contributed by atoms with E-state index >= 15 is 0 Å². The number of thioether (sulfide) groups is 1. The fourth-order valence-corrected chi connectivity index (χ4v) is 3.06. The average molecular weight is 242 g/mol. The zero-order chi connectivity index (χ0) is 11.6. The fourth-order valence-electron chi connectivity index (χ4n) is 1.93. The number of carbonyl (C=O) groups is 1. The Balaban J connectivity index is 1.95. The molecule has 1 heterocycles. The maximum Gasteiger partial charge on any atom is 0.325 e. The summed E-state index contributed by atoms with van der Waals surface area (Å²) in [6.07, 6.45) is 5.27. The second-order valence-corrected chi connectivity index (χ2v) is 5.18. The predicted octanol–water partition coefficient (Wildman–Crippen LogP) is 1.19. The predicted molar refractivity (Wildman–Crippen MR) is 58.9 cm³/mol. The minimum atomic E-state index is -0.834. The van der Waals surface area contributed by atoms with E-state index in [-0.39, 0.29) is 11.2 Å². The summed E-state index contributed by atoms with van der Waals surface area (Å²) in [5.41, 5.74) is 5.16. The lowest BCUT2D eigenvalue weighted by Crippen LogP contribution is -2.46. The molecule has 88 valence electrons. The van der Waals surface area contributed by atoms with Gasteiger partial charge in [0.05, 0.1) is 13.3 Å². The summed E-state index contributed by atoms with van der Waals surface area (Å²) < 4.78 is 9.85. The molecule has 0 amide bonds. The Morgan fingerprint density at radius 2 is 2.62 bits per heavy atom. The van der Waals surface area contributed by atoms with E-state index in [0.717, 1.165) is 6.42 Å². The second kappa shape index (κ2) is 4.47. The molecule has 1 aromatic heterocycles. The Kier molecular flexibility index (Phi) is 3.20. The molecule has 0 aromatic carbocycles. The largest absolute Gasteiger partial charge is 0.468 e. The number of nitrogens with zero attached hydrogens (tertiary/aromatic N) is 1. The van der Waals surface area contributed by atoms with E-state index in [4.69, 9.17) is 14.9 Å². The van der Waals surface area contributed by atoms with Crippen LogP contribution in [-0.2, 0) is 9.53 Å². The maximum absolute atomic E-state index is 11.5. The molecular weight excluding hydrogens is 228 g/mol. The average Bonchev–Trinajstić information content (AvgIpc) is 2.89. The Hall–Kier alpha value is -1.01. The zero-order valence-electron chi connectivity index (χ0n) is 9.01. The topological polar surface area (TPSA) is 78.4 Å². The van der Waals surface area contributed by atoms with Crippen LogP contribution in [-0.4, -0.2) is 28.9 Å². The quantitative estimate of drug-likeness (QED) is 0.802. The normalized spacial score (nSPS) is 29.2. The van der Waals surface area contributed by atoms with Gasteiger partial charge in [-0.05, 0) is 19.3 Å². The molecule has 1 aliphatic rings. The molecule has 0 spiro atoms. The molecule has 0 radical (unpaired) electrons. The lowest BCUT2D eigenvalue weighted by atomic mass is 10.00. The first-order valence-electron chi connectivity index (χ1n) is 5.07. The molecule has 6 heteroatoms. The van der Waals surface area contributed by atoms with Gasteiger partial charge in [-0.1, -0.05) is 11.8 Å². The van der Waals surface area contributed by atoms with Crippen LogP contribution in [0.2, 0.25) is 0 Å². The van der Waals surface area contributed by atoms with Crippen LogP contribution < -0.4 is 5.73 Å². The van der Waals surface area contributed by atoms with Gasteiger partial charge >= 0.3 is 5.97 Å². The fraction of sp³-hybridized carbons (Fsp3) is 0.600. The third-order valence-electron chi connectivity index (χ3n) is 2.77. The Labute approximate surface area is 97.7 Å². The molecule has 2 N–H and O–H groups in total. The van der Waals surface area contributed by atoms with Crippen molar-refractivity contribution in [2.24, 2.45) is 5.73 Å². The number of methoxy groups -OCH3 is 1. The smallest absolute Gasteiger partial charge is 0.325 e. The monoisotopic (exact) mass is 242 g/mol. The highest BCUT2D eigenvalue weighted by molar-refractivity contribution is 7.99. The SMILES string of the molecule is COC(=O)C1(N)CCC(Sc2ncco2)C1. The van der Waals surface area contributed by atoms with E-state index in [1.54, 1.807) is 6.20 Å². The van der Waals surface area contributed by atoms with Crippen molar-refractivity contribution in [1.82, 2.24) is 4.98 Å². The van der Waals surface area contributed by atoms with E-state index in [1.807, 2.05) is 0 Å². The molecule has 2 rings (SSSR count). The molecule has 0 aliphatic heterocycles. The third-order valence-corrected chi connectivity index (χ3v) is 3.91. The number of rotatable bonds is 3. The number of hydrogen-bond donors (Lipinski definition) is 1. The zero-order valence-corrected chi connectivity index (χ0v) is 9.83. The summed E-state index contributed by atoms with van der Waals surface area (Å²) in [5.74, 6) is -0.331. The van der Waals surface area contributed by atoms with Crippen molar-refractivity contribution in [3.8, 4) is 0 Å². The van der Waals surface area contributed by atoms with Gasteiger partial charge in [-0.25, -0.2) is 4.98 Å². The maximum atomic E-state index is 11.5. The van der Waals surface area contributed by atoms with E-state index in [2.05, 4.69) is 4.98 Å². The number of aromatic nitrogens is 1. The second-order valence-electron chi connectivity index (χ2n) is 3.93. The molecule has 16 heavy (non-hydrogen) atoms. The lowest BCUT2D eigenvalue weighted by Gasteiger charge is -2.20. The van der Waals surface area contributed by atoms with Gasteiger partial charge in [0.2, 0.25) is 0 Å². The van der Waals surface area contributed by atoms with Gasteiger partial charge in [-0.15, -0.1) is 0 Å². The van der Waals surface area contributed by atoms with Crippen molar-refractivity contribution in [2.75, 3.05) is 7.11 Å². The highest BCUT2D eigenvalue weighted by Crippen LogP contribution is 2.38. The number of nitrogens with two attached hydrogens (primary N) is 1. The van der Waals surface area contributed by atoms with Gasteiger partial charge in [0.1, 0.15) is 11.8 Å². The van der Waals surface area contributed by atoms with Crippen LogP contribution in [0.1, 0.15) is 19.3 Å². The summed E-state index contributed by atoms with van der Waals surface area (Å²) in [7, 11) is 1.37. The van der Waals surface area contributed by atoms with Crippen molar-refractivity contribution in [2.45, 2.75) is 35.3 Å². The summed E-state index contributed by atoms with van der Waals surface area (Å²) in [6, 6.07) is 0. The molecule has 0 saturated heterocycles. The summed E-state index contributed by atoms with van der Waals surface area (Å²) in [6.45, 7) is 0. The molecule has 1 aliphatic carbocycles. The molecule has 1 fully saturated rings. The summed E-state index contributed by atoms with van der Waals surface area (Å²) in [5, 5.41) is 0.891. The lowest BCUT2D eigenvalue weighted by molar-refractivity contribution is -0.146. The first kappa shape index (κ1) is 11.5. The van der Waals surface area contributed by atoms with Gasteiger partial charge in [-0.2, -0.15) is 0 Å². The van der Waals surface area contributed by atoms with Crippen molar-refractivity contribution < 1.29 is 13.9 Å². The van der Waals surface area contributed by atoms with Crippen LogP contribution in [0.3, 0.4) is 0 Å². The number of oxazole rings is 1. The first-order chi connectivity index (χ1) is 7.64. The van der Waals surface area contributed by atoms with Crippen LogP contribution in [0.4, 0.5) is 0 Å². The van der Waals surface area contributed by atoms with Gasteiger partial charge in [-0.3, -0.25) is 4.79 Å². The van der Waals surface area contributed by atoms with Crippen molar-refractivity contribution in [3.63, 3.8) is 0 Å². The van der Waals surface area contributed by atoms with Gasteiger partial charge < -0.3 is 14.9 Å². The molecule has 1 aromatic rings. The van der Waals surface area contributed by atoms with E-state index in [0.29, 0.717) is 18.1 Å². The number of esters is 1. The highest BCUT2D eigenvalue weighted by Gasteiger charge is 2.43. The Morgan fingerprint density at radius 1 is 1.81 bits per heavy atom. The summed E-state index contributed by atoms with van der Waals surface area (Å²) in [4.78, 5) is 15.5. The van der Waals surface area contributed by atoms with Gasteiger partial charge in [0.25, 0.3) is 5.22 Å². The number of carbonyl (C=O) groups excluding carboxylic acids is 1. The Morgan fingerprint density at radius 3 is 3.25 bits per heavy atom. The standard InChI is InChI=1S/C10H14N2O3S/c1-14-8(13)10(11)3-2-7(6-10)16-9-12-4-5-15-9/h4-5,7H,2-3,6,11H2,1H3. The van der Waals surface area contributed by atoms with Gasteiger partial charge in [0.15, 0.2) is 0 Å². The van der Waals surface area contributed by atoms with Crippen molar-refractivity contribution >= 4 is 17.7 Å². The molecule has 2 atom stereocenters. The molecule has 5 nitrogen and oxygen atoms in total. The molecule has 2 unspecified atom stereocenters. The molecule has 0 bridgehead atoms. The van der Waals surface area contributed by atoms with Crippen LogP contribution in [0.15, 0.2) is 22.1 Å². The summed E-state index contributed by atoms with van der Waals surface area (Å²) >= 11 is 1.52. The van der Waals surface area contributed by atoms with Gasteiger partial charge in [0, 0.05) is 5.25 Å². The van der Waals surface area contributed by atoms with Crippen LogP contribution >= 0.6 is 11.8 Å². The number of hydrogen-bond acceptors (Lipinski definition) is 6. The van der Waals surface area contributed by atoms with Crippen molar-refractivity contribution in [1.29, 1.82) is 0 Å². The Bertz CT molecular complexity index is 368. The van der Waals surface area contributed by atoms with Crippen LogP contribution in [0.5, 0.6) is 0 Å². The minimum Gasteiger partial charge on any atom is -0.468 e. The molecule has 1 saturated carbocycles. The number of ether oxygens (including phenoxy) is 1. The van der Waals surface area contributed by atoms with E-state index in [1.165, 1.54) is 25.1 Å². The van der Waals surface area contributed by atoms with Crippen LogP contribution in [0.25, 0.3) is 0 Å². The van der Waals surface area contributed by atoms with Crippen LogP contribution in [0, 0.1) is 0 Å². The first-order valence-corrected chi connectivity index (χ1v) is 5.95. The van der Waals surface area contributed by atoms with E-state index in [9.17, 15) is 4.79 Å². The highest BCUT2D eigenvalue weighted by atomic mass is 32.2. The van der Waals surface area contributed by atoms with Crippen molar-refractivity contribution in [3.05, 3.63) is 12.5 Å².